The maximum absolute atomic E-state index is 11.4. The van der Waals surface area contributed by atoms with Gasteiger partial charge in [0.15, 0.2) is 0 Å². The van der Waals surface area contributed by atoms with Gasteiger partial charge >= 0.3 is 5.97 Å². The monoisotopic (exact) mass is 245 g/mol. The standard InChI is InChI=1S/C13H15N3O2/c1-9-3-2-6-16(12(9)13(17)18)11-4-5-15-10(7-11)8-14/h4-5,7,9,12H,2-3,6H2,1H3,(H,17,18). The summed E-state index contributed by atoms with van der Waals surface area (Å²) in [5.74, 6) is -0.701. The SMILES string of the molecule is CC1CCCN(c2ccnc(C#N)c2)C1C(=O)O. The number of rotatable bonds is 2. The van der Waals surface area contributed by atoms with Gasteiger partial charge < -0.3 is 10.0 Å². The van der Waals surface area contributed by atoms with E-state index in [4.69, 9.17) is 5.26 Å². The number of nitrogens with zero attached hydrogens (tertiary/aromatic N) is 3. The van der Waals surface area contributed by atoms with Crippen molar-refractivity contribution < 1.29 is 9.90 Å². The van der Waals surface area contributed by atoms with Crippen LogP contribution in [0.1, 0.15) is 25.5 Å². The molecule has 0 saturated carbocycles. The third kappa shape index (κ3) is 2.28. The van der Waals surface area contributed by atoms with Gasteiger partial charge in [-0.3, -0.25) is 0 Å². The van der Waals surface area contributed by atoms with Crippen LogP contribution in [0, 0.1) is 17.2 Å². The number of nitriles is 1. The Hall–Kier alpha value is -2.09. The van der Waals surface area contributed by atoms with Gasteiger partial charge in [-0.2, -0.15) is 5.26 Å². The zero-order valence-electron chi connectivity index (χ0n) is 10.2. The molecule has 0 aliphatic carbocycles. The minimum absolute atomic E-state index is 0.106. The Morgan fingerprint density at radius 1 is 1.67 bits per heavy atom. The first-order chi connectivity index (χ1) is 8.63. The van der Waals surface area contributed by atoms with E-state index in [1.807, 2.05) is 17.9 Å². The molecule has 5 nitrogen and oxygen atoms in total. The molecular formula is C13H15N3O2. The lowest BCUT2D eigenvalue weighted by Gasteiger charge is -2.38. The van der Waals surface area contributed by atoms with Crippen molar-refractivity contribution in [2.75, 3.05) is 11.4 Å². The summed E-state index contributed by atoms with van der Waals surface area (Å²) in [6.45, 7) is 2.66. The van der Waals surface area contributed by atoms with Gasteiger partial charge in [0.25, 0.3) is 0 Å². The first-order valence-corrected chi connectivity index (χ1v) is 5.99. The number of carboxylic acid groups (broad SMARTS) is 1. The largest absolute Gasteiger partial charge is 0.480 e. The third-order valence-corrected chi connectivity index (χ3v) is 3.38. The quantitative estimate of drug-likeness (QED) is 0.857. The van der Waals surface area contributed by atoms with E-state index in [0.29, 0.717) is 12.2 Å². The average molecular weight is 245 g/mol. The topological polar surface area (TPSA) is 77.2 Å². The van der Waals surface area contributed by atoms with Crippen LogP contribution in [-0.2, 0) is 4.79 Å². The summed E-state index contributed by atoms with van der Waals surface area (Å²) in [6, 6.07) is 4.86. The van der Waals surface area contributed by atoms with Gasteiger partial charge in [-0.1, -0.05) is 6.92 Å². The second-order valence-corrected chi connectivity index (χ2v) is 4.61. The number of carboxylic acids is 1. The van der Waals surface area contributed by atoms with Crippen LogP contribution in [0.25, 0.3) is 0 Å². The highest BCUT2D eigenvalue weighted by atomic mass is 16.4. The fraction of sp³-hybridized carbons (Fsp3) is 0.462. The van der Waals surface area contributed by atoms with Gasteiger partial charge in [0.2, 0.25) is 0 Å². The van der Waals surface area contributed by atoms with E-state index >= 15 is 0 Å². The second-order valence-electron chi connectivity index (χ2n) is 4.61. The fourth-order valence-electron chi connectivity index (χ4n) is 2.51. The number of piperidine rings is 1. The minimum atomic E-state index is -0.808. The van der Waals surface area contributed by atoms with Crippen molar-refractivity contribution in [3.05, 3.63) is 24.0 Å². The molecule has 0 radical (unpaired) electrons. The summed E-state index contributed by atoms with van der Waals surface area (Å²) in [6.07, 6.45) is 3.44. The van der Waals surface area contributed by atoms with Crippen LogP contribution in [0.3, 0.4) is 0 Å². The summed E-state index contributed by atoms with van der Waals surface area (Å²) in [7, 11) is 0. The van der Waals surface area contributed by atoms with E-state index < -0.39 is 12.0 Å². The van der Waals surface area contributed by atoms with Crippen molar-refractivity contribution in [3.8, 4) is 6.07 Å². The first-order valence-electron chi connectivity index (χ1n) is 5.99. The maximum Gasteiger partial charge on any atom is 0.326 e. The Kier molecular flexibility index (Phi) is 3.47. The Balaban J connectivity index is 2.34. The number of aromatic nitrogens is 1. The van der Waals surface area contributed by atoms with Crippen molar-refractivity contribution in [1.82, 2.24) is 4.98 Å². The van der Waals surface area contributed by atoms with Gasteiger partial charge in [0.05, 0.1) is 0 Å². The Bertz CT molecular complexity index is 495. The lowest BCUT2D eigenvalue weighted by atomic mass is 9.90. The van der Waals surface area contributed by atoms with Gasteiger partial charge in [0.1, 0.15) is 17.8 Å². The molecule has 2 heterocycles. The van der Waals surface area contributed by atoms with E-state index in [-0.39, 0.29) is 5.92 Å². The molecule has 2 unspecified atom stereocenters. The van der Waals surface area contributed by atoms with Gasteiger partial charge in [0, 0.05) is 18.4 Å². The Labute approximate surface area is 106 Å². The highest BCUT2D eigenvalue weighted by molar-refractivity contribution is 5.79. The zero-order valence-corrected chi connectivity index (χ0v) is 10.2. The minimum Gasteiger partial charge on any atom is -0.480 e. The molecular weight excluding hydrogens is 230 g/mol. The lowest BCUT2D eigenvalue weighted by Crippen LogP contribution is -2.49. The summed E-state index contributed by atoms with van der Waals surface area (Å²) in [5.41, 5.74) is 1.08. The summed E-state index contributed by atoms with van der Waals surface area (Å²) >= 11 is 0. The molecule has 94 valence electrons. The van der Waals surface area contributed by atoms with Crippen LogP contribution in [0.15, 0.2) is 18.3 Å². The van der Waals surface area contributed by atoms with Crippen LogP contribution in [0.2, 0.25) is 0 Å². The average Bonchev–Trinajstić information content (AvgIpc) is 2.38. The van der Waals surface area contributed by atoms with Crippen LogP contribution < -0.4 is 4.90 Å². The van der Waals surface area contributed by atoms with Crippen LogP contribution in [0.5, 0.6) is 0 Å². The molecule has 18 heavy (non-hydrogen) atoms. The molecule has 1 aromatic rings. The van der Waals surface area contributed by atoms with Gasteiger partial charge in [-0.05, 0) is 30.9 Å². The highest BCUT2D eigenvalue weighted by Gasteiger charge is 2.34. The zero-order chi connectivity index (χ0) is 13.1. The van der Waals surface area contributed by atoms with Crippen molar-refractivity contribution in [3.63, 3.8) is 0 Å². The van der Waals surface area contributed by atoms with Crippen molar-refractivity contribution in [1.29, 1.82) is 5.26 Å². The number of anilines is 1. The van der Waals surface area contributed by atoms with E-state index in [1.165, 1.54) is 0 Å². The molecule has 5 heteroatoms. The summed E-state index contributed by atoms with van der Waals surface area (Å²) in [4.78, 5) is 17.1. The molecule has 0 amide bonds. The Morgan fingerprint density at radius 3 is 3.11 bits per heavy atom. The second kappa shape index (κ2) is 5.05. The smallest absolute Gasteiger partial charge is 0.326 e. The number of carbonyl (C=O) groups is 1. The van der Waals surface area contributed by atoms with Crippen LogP contribution in [0.4, 0.5) is 5.69 Å². The molecule has 1 saturated heterocycles. The van der Waals surface area contributed by atoms with Gasteiger partial charge in [-0.25, -0.2) is 9.78 Å². The van der Waals surface area contributed by atoms with E-state index in [9.17, 15) is 9.90 Å². The molecule has 0 aromatic carbocycles. The molecule has 1 N–H and O–H groups in total. The molecule has 1 aliphatic heterocycles. The molecule has 1 fully saturated rings. The molecule has 1 aromatic heterocycles. The fourth-order valence-corrected chi connectivity index (χ4v) is 2.51. The van der Waals surface area contributed by atoms with Crippen molar-refractivity contribution in [2.24, 2.45) is 5.92 Å². The summed E-state index contributed by atoms with van der Waals surface area (Å²) < 4.78 is 0. The van der Waals surface area contributed by atoms with E-state index in [0.717, 1.165) is 18.5 Å². The van der Waals surface area contributed by atoms with Crippen molar-refractivity contribution in [2.45, 2.75) is 25.8 Å². The van der Waals surface area contributed by atoms with E-state index in [1.54, 1.807) is 18.3 Å². The number of aliphatic carboxylic acids is 1. The molecule has 2 atom stereocenters. The van der Waals surface area contributed by atoms with E-state index in [2.05, 4.69) is 4.98 Å². The van der Waals surface area contributed by atoms with Crippen LogP contribution in [-0.4, -0.2) is 28.6 Å². The van der Waals surface area contributed by atoms with Gasteiger partial charge in [-0.15, -0.1) is 0 Å². The third-order valence-electron chi connectivity index (χ3n) is 3.38. The van der Waals surface area contributed by atoms with Crippen LogP contribution >= 0.6 is 0 Å². The molecule has 0 spiro atoms. The summed E-state index contributed by atoms with van der Waals surface area (Å²) in [5, 5.41) is 18.2. The normalized spacial score (nSPS) is 23.4. The van der Waals surface area contributed by atoms with Crippen molar-refractivity contribution >= 4 is 11.7 Å². The highest BCUT2D eigenvalue weighted by Crippen LogP contribution is 2.28. The number of pyridine rings is 1. The Morgan fingerprint density at radius 2 is 2.44 bits per heavy atom. The number of hydrogen-bond acceptors (Lipinski definition) is 4. The first kappa shape index (κ1) is 12.4. The molecule has 0 bridgehead atoms. The lowest BCUT2D eigenvalue weighted by molar-refractivity contribution is -0.140. The predicted molar refractivity (Wildman–Crippen MR) is 66.1 cm³/mol. The molecule has 1 aliphatic rings. The molecule has 2 rings (SSSR count). The number of hydrogen-bond donors (Lipinski definition) is 1. The predicted octanol–water partition coefficient (Wildman–Crippen LogP) is 1.64. The maximum atomic E-state index is 11.4.